The Labute approximate surface area is 114 Å². The fourth-order valence-corrected chi connectivity index (χ4v) is 2.06. The zero-order chi connectivity index (χ0) is 13.5. The Bertz CT molecular complexity index is 422. The van der Waals surface area contributed by atoms with Gasteiger partial charge in [0.1, 0.15) is 11.5 Å². The van der Waals surface area contributed by atoms with Crippen molar-refractivity contribution in [2.45, 2.75) is 31.5 Å². The molecule has 2 rings (SSSR count). The molecule has 0 aromatic heterocycles. The van der Waals surface area contributed by atoms with Crippen molar-refractivity contribution >= 4 is 0 Å². The quantitative estimate of drug-likeness (QED) is 0.596. The Hall–Kier alpha value is -1.74. The third kappa shape index (κ3) is 4.14. The van der Waals surface area contributed by atoms with Gasteiger partial charge in [-0.3, -0.25) is 0 Å². The summed E-state index contributed by atoms with van der Waals surface area (Å²) in [4.78, 5) is 0. The summed E-state index contributed by atoms with van der Waals surface area (Å²) in [6, 6.07) is 7.48. The molecular formula is C16H20O3. The Morgan fingerprint density at radius 3 is 2.53 bits per heavy atom. The highest BCUT2D eigenvalue weighted by Crippen LogP contribution is 2.21. The monoisotopic (exact) mass is 260 g/mol. The van der Waals surface area contributed by atoms with E-state index in [9.17, 15) is 0 Å². The van der Waals surface area contributed by atoms with Gasteiger partial charge in [-0.2, -0.15) is 0 Å². The van der Waals surface area contributed by atoms with Crippen molar-refractivity contribution in [2.24, 2.45) is 0 Å². The molecule has 1 aliphatic rings. The molecule has 1 saturated heterocycles. The lowest BCUT2D eigenvalue weighted by Crippen LogP contribution is -2.24. The van der Waals surface area contributed by atoms with Gasteiger partial charge in [0, 0.05) is 0 Å². The van der Waals surface area contributed by atoms with Gasteiger partial charge in [-0.05, 0) is 49.6 Å². The Morgan fingerprint density at radius 2 is 1.84 bits per heavy atom. The molecule has 1 fully saturated rings. The Morgan fingerprint density at radius 1 is 1.16 bits per heavy atom. The molecule has 102 valence electrons. The van der Waals surface area contributed by atoms with Crippen LogP contribution >= 0.6 is 0 Å². The molecule has 0 N–H and O–H groups in total. The van der Waals surface area contributed by atoms with Gasteiger partial charge < -0.3 is 14.2 Å². The summed E-state index contributed by atoms with van der Waals surface area (Å²) >= 11 is 0. The summed E-state index contributed by atoms with van der Waals surface area (Å²) in [5, 5.41) is 0. The minimum Gasteiger partial charge on any atom is -0.497 e. The van der Waals surface area contributed by atoms with E-state index in [1.54, 1.807) is 13.4 Å². The van der Waals surface area contributed by atoms with E-state index >= 15 is 0 Å². The van der Waals surface area contributed by atoms with Crippen LogP contribution in [0.3, 0.4) is 0 Å². The summed E-state index contributed by atoms with van der Waals surface area (Å²) < 4.78 is 16.4. The van der Waals surface area contributed by atoms with Crippen molar-refractivity contribution in [3.8, 4) is 11.5 Å². The minimum absolute atomic E-state index is 0.120. The maximum absolute atomic E-state index is 5.81. The number of benzene rings is 1. The largest absolute Gasteiger partial charge is 0.497 e. The number of methoxy groups -OCH3 is 1. The zero-order valence-corrected chi connectivity index (χ0v) is 11.2. The van der Waals surface area contributed by atoms with E-state index in [0.717, 1.165) is 30.8 Å². The van der Waals surface area contributed by atoms with E-state index < -0.39 is 0 Å². The average Bonchev–Trinajstić information content (AvgIpc) is 2.48. The first-order valence-corrected chi connectivity index (χ1v) is 6.57. The molecule has 0 spiro atoms. The second-order valence-electron chi connectivity index (χ2n) is 4.50. The van der Waals surface area contributed by atoms with Gasteiger partial charge in [0.15, 0.2) is 0 Å². The van der Waals surface area contributed by atoms with Gasteiger partial charge in [0.05, 0.1) is 25.6 Å². The van der Waals surface area contributed by atoms with Crippen molar-refractivity contribution in [1.29, 1.82) is 0 Å². The third-order valence-electron chi connectivity index (χ3n) is 3.15. The van der Waals surface area contributed by atoms with Gasteiger partial charge in [0.2, 0.25) is 0 Å². The predicted octanol–water partition coefficient (Wildman–Crippen LogP) is 3.71. The number of ether oxygens (including phenoxy) is 3. The number of rotatable bonds is 5. The molecule has 3 heteroatoms. The van der Waals surface area contributed by atoms with Crippen molar-refractivity contribution in [2.75, 3.05) is 7.11 Å². The lowest BCUT2D eigenvalue weighted by Gasteiger charge is -2.25. The maximum atomic E-state index is 5.81. The Kier molecular flexibility index (Phi) is 5.04. The van der Waals surface area contributed by atoms with E-state index in [-0.39, 0.29) is 12.2 Å². The molecule has 0 saturated carbocycles. The molecule has 1 heterocycles. The Balaban J connectivity index is 1.83. The second-order valence-corrected chi connectivity index (χ2v) is 4.50. The molecule has 19 heavy (non-hydrogen) atoms. The predicted molar refractivity (Wildman–Crippen MR) is 75.5 cm³/mol. The zero-order valence-electron chi connectivity index (χ0n) is 11.2. The van der Waals surface area contributed by atoms with E-state index in [4.69, 9.17) is 14.2 Å². The van der Waals surface area contributed by atoms with Crippen LogP contribution in [0.15, 0.2) is 49.3 Å². The van der Waals surface area contributed by atoms with Gasteiger partial charge in [-0.25, -0.2) is 0 Å². The van der Waals surface area contributed by atoms with Crippen LogP contribution in [0.4, 0.5) is 0 Å². The van der Waals surface area contributed by atoms with E-state index in [2.05, 4.69) is 6.58 Å². The number of hydrogen-bond donors (Lipinski definition) is 0. The smallest absolute Gasteiger partial charge is 0.126 e. The van der Waals surface area contributed by atoms with Crippen LogP contribution in [-0.2, 0) is 4.74 Å². The molecule has 0 radical (unpaired) electrons. The molecular weight excluding hydrogens is 240 g/mol. The van der Waals surface area contributed by atoms with Crippen LogP contribution in [-0.4, -0.2) is 19.3 Å². The van der Waals surface area contributed by atoms with Crippen LogP contribution in [0, 0.1) is 0 Å². The first-order valence-electron chi connectivity index (χ1n) is 6.57. The van der Waals surface area contributed by atoms with Crippen LogP contribution in [0.1, 0.15) is 19.3 Å². The standard InChI is InChI=1S/C16H20O3/c1-3-13-5-4-6-16(19-13)11-12-18-15-9-7-14(17-2)8-10-15/h3,7-13,16H,1,4-6H2,2H3/b12-11-/t13-,16-/m1/s1. The first-order chi connectivity index (χ1) is 9.31. The SMILES string of the molecule is C=C[C@@H]1CCC[C@H](/C=C\Oc2ccc(OC)cc2)O1. The summed E-state index contributed by atoms with van der Waals surface area (Å²) in [6.45, 7) is 3.77. The topological polar surface area (TPSA) is 27.7 Å². The van der Waals surface area contributed by atoms with Crippen molar-refractivity contribution < 1.29 is 14.2 Å². The summed E-state index contributed by atoms with van der Waals surface area (Å²) in [5.41, 5.74) is 0. The van der Waals surface area contributed by atoms with Gasteiger partial charge >= 0.3 is 0 Å². The van der Waals surface area contributed by atoms with E-state index in [0.29, 0.717) is 0 Å². The van der Waals surface area contributed by atoms with E-state index in [1.807, 2.05) is 36.4 Å². The van der Waals surface area contributed by atoms with Crippen LogP contribution in [0.2, 0.25) is 0 Å². The summed E-state index contributed by atoms with van der Waals surface area (Å²) in [6.07, 6.45) is 9.07. The van der Waals surface area contributed by atoms with Crippen molar-refractivity contribution in [1.82, 2.24) is 0 Å². The molecule has 2 atom stereocenters. The molecule has 1 aromatic rings. The lowest BCUT2D eigenvalue weighted by atomic mass is 10.0. The molecule has 0 unspecified atom stereocenters. The molecule has 0 amide bonds. The third-order valence-corrected chi connectivity index (χ3v) is 3.15. The normalized spacial score (nSPS) is 23.2. The second kappa shape index (κ2) is 7.00. The van der Waals surface area contributed by atoms with Crippen molar-refractivity contribution in [3.63, 3.8) is 0 Å². The summed E-state index contributed by atoms with van der Waals surface area (Å²) in [7, 11) is 1.65. The summed E-state index contributed by atoms with van der Waals surface area (Å²) in [5.74, 6) is 1.61. The van der Waals surface area contributed by atoms with Crippen molar-refractivity contribution in [3.05, 3.63) is 49.3 Å². The van der Waals surface area contributed by atoms with E-state index in [1.165, 1.54) is 0 Å². The molecule has 0 bridgehead atoms. The molecule has 0 aliphatic carbocycles. The van der Waals surface area contributed by atoms with Crippen LogP contribution < -0.4 is 9.47 Å². The molecule has 3 nitrogen and oxygen atoms in total. The van der Waals surface area contributed by atoms with Gasteiger partial charge in [-0.1, -0.05) is 6.08 Å². The fourth-order valence-electron chi connectivity index (χ4n) is 2.06. The van der Waals surface area contributed by atoms with Gasteiger partial charge in [0.25, 0.3) is 0 Å². The average molecular weight is 260 g/mol. The fraction of sp³-hybridized carbons (Fsp3) is 0.375. The molecule has 1 aromatic carbocycles. The maximum Gasteiger partial charge on any atom is 0.126 e. The lowest BCUT2D eigenvalue weighted by molar-refractivity contribution is 0.00139. The van der Waals surface area contributed by atoms with Crippen LogP contribution in [0.5, 0.6) is 11.5 Å². The molecule has 1 aliphatic heterocycles. The van der Waals surface area contributed by atoms with Crippen LogP contribution in [0.25, 0.3) is 0 Å². The first kappa shape index (κ1) is 13.7. The number of hydrogen-bond acceptors (Lipinski definition) is 3. The van der Waals surface area contributed by atoms with Gasteiger partial charge in [-0.15, -0.1) is 6.58 Å². The minimum atomic E-state index is 0.120. The highest BCUT2D eigenvalue weighted by molar-refractivity contribution is 5.31. The highest BCUT2D eigenvalue weighted by Gasteiger charge is 2.17. The highest BCUT2D eigenvalue weighted by atomic mass is 16.5.